The summed E-state index contributed by atoms with van der Waals surface area (Å²) in [6, 6.07) is 0. The highest BCUT2D eigenvalue weighted by atomic mass is 15.4. The molecule has 1 saturated carbocycles. The largest absolute Gasteiger partial charge is 0.304 e. The van der Waals surface area contributed by atoms with Crippen molar-refractivity contribution in [1.82, 2.24) is 5.43 Å². The molecule has 2 aliphatic rings. The van der Waals surface area contributed by atoms with E-state index in [9.17, 15) is 0 Å². The van der Waals surface area contributed by atoms with Crippen molar-refractivity contribution in [3.05, 3.63) is 0 Å². The number of nitrogens with zero attached hydrogens (tertiary/aromatic N) is 1. The smallest absolute Gasteiger partial charge is 0.0601 e. The van der Waals surface area contributed by atoms with Crippen LogP contribution in [0.25, 0.3) is 0 Å². The lowest BCUT2D eigenvalue weighted by Gasteiger charge is -2.36. The minimum absolute atomic E-state index is 0.282. The van der Waals surface area contributed by atoms with Gasteiger partial charge in [0.05, 0.1) is 5.54 Å². The molecule has 0 aromatic rings. The first kappa shape index (κ1) is 9.04. The van der Waals surface area contributed by atoms with Crippen molar-refractivity contribution in [2.45, 2.75) is 57.9 Å². The van der Waals surface area contributed by atoms with Crippen LogP contribution in [0.5, 0.6) is 0 Å². The molecule has 2 nitrogen and oxygen atoms in total. The molecule has 13 heavy (non-hydrogen) atoms. The van der Waals surface area contributed by atoms with E-state index in [2.05, 4.69) is 24.4 Å². The van der Waals surface area contributed by atoms with E-state index in [1.54, 1.807) is 0 Å². The monoisotopic (exact) mass is 180 g/mol. The van der Waals surface area contributed by atoms with E-state index in [0.29, 0.717) is 0 Å². The fourth-order valence-electron chi connectivity index (χ4n) is 2.81. The summed E-state index contributed by atoms with van der Waals surface area (Å²) in [6.45, 7) is 4.46. The molecule has 0 spiro atoms. The van der Waals surface area contributed by atoms with Gasteiger partial charge in [0.1, 0.15) is 0 Å². The molecule has 0 aromatic heterocycles. The summed E-state index contributed by atoms with van der Waals surface area (Å²) in [4.78, 5) is 0. The summed E-state index contributed by atoms with van der Waals surface area (Å²) in [5, 5.41) is 4.33. The first-order valence-electron chi connectivity index (χ1n) is 5.51. The van der Waals surface area contributed by atoms with E-state index in [-0.39, 0.29) is 5.54 Å². The van der Waals surface area contributed by atoms with Crippen LogP contribution in [-0.2, 0) is 0 Å². The Labute approximate surface area is 80.8 Å². The van der Waals surface area contributed by atoms with Crippen LogP contribution in [0.3, 0.4) is 0 Å². The predicted octanol–water partition coefficient (Wildman–Crippen LogP) is 2.69. The van der Waals surface area contributed by atoms with Crippen molar-refractivity contribution in [1.29, 1.82) is 0 Å². The molecule has 2 heteroatoms. The highest BCUT2D eigenvalue weighted by molar-refractivity contribution is 5.84. The summed E-state index contributed by atoms with van der Waals surface area (Å²) in [5.74, 6) is 0.849. The van der Waals surface area contributed by atoms with Gasteiger partial charge in [-0.2, -0.15) is 5.10 Å². The number of nitrogens with one attached hydrogen (secondary N) is 1. The lowest BCUT2D eigenvalue weighted by atomic mass is 9.74. The Balaban J connectivity index is 1.99. The Morgan fingerprint density at radius 3 is 2.54 bits per heavy atom. The lowest BCUT2D eigenvalue weighted by molar-refractivity contribution is 0.197. The predicted molar refractivity (Wildman–Crippen MR) is 55.8 cm³/mol. The zero-order valence-corrected chi connectivity index (χ0v) is 8.77. The van der Waals surface area contributed by atoms with Crippen LogP contribution in [0.1, 0.15) is 52.4 Å². The van der Waals surface area contributed by atoms with Crippen molar-refractivity contribution in [3.8, 4) is 0 Å². The Kier molecular flexibility index (Phi) is 2.31. The van der Waals surface area contributed by atoms with Gasteiger partial charge in [-0.05, 0) is 32.6 Å². The molecular formula is C11H20N2. The van der Waals surface area contributed by atoms with Crippen LogP contribution >= 0.6 is 0 Å². The Morgan fingerprint density at radius 2 is 2.00 bits per heavy atom. The second kappa shape index (κ2) is 3.32. The zero-order chi connectivity index (χ0) is 9.31. The second-order valence-electron chi connectivity index (χ2n) is 4.89. The molecule has 1 heterocycles. The van der Waals surface area contributed by atoms with Gasteiger partial charge in [-0.3, -0.25) is 0 Å². The Hall–Kier alpha value is -0.530. The molecule has 0 bridgehead atoms. The Morgan fingerprint density at radius 1 is 1.31 bits per heavy atom. The van der Waals surface area contributed by atoms with E-state index >= 15 is 0 Å². The van der Waals surface area contributed by atoms with Crippen molar-refractivity contribution in [3.63, 3.8) is 0 Å². The molecule has 1 N–H and O–H groups in total. The van der Waals surface area contributed by atoms with Crippen molar-refractivity contribution >= 4 is 5.71 Å². The summed E-state index contributed by atoms with van der Waals surface area (Å²) in [7, 11) is 0. The van der Waals surface area contributed by atoms with Crippen LogP contribution in [0.2, 0.25) is 0 Å². The third-order valence-electron chi connectivity index (χ3n) is 3.63. The van der Waals surface area contributed by atoms with Gasteiger partial charge in [0.25, 0.3) is 0 Å². The maximum absolute atomic E-state index is 4.33. The molecule has 0 saturated heterocycles. The highest BCUT2D eigenvalue weighted by Crippen LogP contribution is 2.36. The van der Waals surface area contributed by atoms with Gasteiger partial charge >= 0.3 is 0 Å². The van der Waals surface area contributed by atoms with Gasteiger partial charge in [-0.15, -0.1) is 0 Å². The minimum Gasteiger partial charge on any atom is -0.304 e. The summed E-state index contributed by atoms with van der Waals surface area (Å²) in [6.07, 6.45) is 8.21. The van der Waals surface area contributed by atoms with Gasteiger partial charge in [-0.1, -0.05) is 19.3 Å². The topological polar surface area (TPSA) is 24.4 Å². The lowest BCUT2D eigenvalue weighted by Crippen LogP contribution is -2.44. The zero-order valence-electron chi connectivity index (χ0n) is 8.77. The maximum Gasteiger partial charge on any atom is 0.0601 e. The highest BCUT2D eigenvalue weighted by Gasteiger charge is 2.37. The molecule has 74 valence electrons. The third-order valence-corrected chi connectivity index (χ3v) is 3.63. The Bertz CT molecular complexity index is 216. The number of hydrogen-bond acceptors (Lipinski definition) is 2. The number of hydrogen-bond donors (Lipinski definition) is 1. The third kappa shape index (κ3) is 1.72. The van der Waals surface area contributed by atoms with Gasteiger partial charge in [-0.25, -0.2) is 0 Å². The first-order chi connectivity index (χ1) is 6.21. The van der Waals surface area contributed by atoms with E-state index in [0.717, 1.165) is 12.3 Å². The van der Waals surface area contributed by atoms with Crippen LogP contribution in [-0.4, -0.2) is 11.3 Å². The molecular weight excluding hydrogens is 160 g/mol. The van der Waals surface area contributed by atoms with Crippen molar-refractivity contribution < 1.29 is 0 Å². The van der Waals surface area contributed by atoms with Crippen LogP contribution in [0.15, 0.2) is 5.10 Å². The van der Waals surface area contributed by atoms with Gasteiger partial charge < -0.3 is 5.43 Å². The number of hydrazone groups is 1. The minimum atomic E-state index is 0.282. The molecule has 0 aromatic carbocycles. The van der Waals surface area contributed by atoms with Crippen molar-refractivity contribution in [2.24, 2.45) is 11.0 Å². The molecule has 1 unspecified atom stereocenters. The van der Waals surface area contributed by atoms with Crippen LogP contribution in [0, 0.1) is 5.92 Å². The first-order valence-corrected chi connectivity index (χ1v) is 5.51. The van der Waals surface area contributed by atoms with E-state index in [4.69, 9.17) is 0 Å². The quantitative estimate of drug-likeness (QED) is 0.659. The molecule has 1 aliphatic carbocycles. The van der Waals surface area contributed by atoms with Crippen molar-refractivity contribution in [2.75, 3.05) is 0 Å². The van der Waals surface area contributed by atoms with Gasteiger partial charge in [0, 0.05) is 12.1 Å². The summed E-state index contributed by atoms with van der Waals surface area (Å²) in [5.41, 5.74) is 4.89. The SMILES string of the molecule is CC1=NNC(C)(C2CCCCC2)C1. The molecule has 2 rings (SSSR count). The summed E-state index contributed by atoms with van der Waals surface area (Å²) < 4.78 is 0. The normalized spacial score (nSPS) is 35.7. The second-order valence-corrected chi connectivity index (χ2v) is 4.89. The molecule has 1 atom stereocenters. The standard InChI is InChI=1S/C11H20N2/c1-9-8-11(2,13-12-9)10-6-4-3-5-7-10/h10,13H,3-8H2,1-2H3. The molecule has 0 radical (unpaired) electrons. The van der Waals surface area contributed by atoms with E-state index < -0.39 is 0 Å². The number of rotatable bonds is 1. The fraction of sp³-hybridized carbons (Fsp3) is 0.909. The fourth-order valence-corrected chi connectivity index (χ4v) is 2.81. The van der Waals surface area contributed by atoms with Gasteiger partial charge in [0.15, 0.2) is 0 Å². The van der Waals surface area contributed by atoms with E-state index in [1.165, 1.54) is 37.8 Å². The average Bonchev–Trinajstić information content (AvgIpc) is 2.49. The summed E-state index contributed by atoms with van der Waals surface area (Å²) >= 11 is 0. The maximum atomic E-state index is 4.33. The van der Waals surface area contributed by atoms with E-state index in [1.807, 2.05) is 0 Å². The molecule has 1 aliphatic heterocycles. The molecule has 1 fully saturated rings. The average molecular weight is 180 g/mol. The van der Waals surface area contributed by atoms with Gasteiger partial charge in [0.2, 0.25) is 0 Å². The molecule has 0 amide bonds. The van der Waals surface area contributed by atoms with Crippen LogP contribution < -0.4 is 5.43 Å². The van der Waals surface area contributed by atoms with Crippen LogP contribution in [0.4, 0.5) is 0 Å².